The Morgan fingerprint density at radius 1 is 0.867 bits per heavy atom. The van der Waals surface area contributed by atoms with E-state index in [-0.39, 0.29) is 20.3 Å². The van der Waals surface area contributed by atoms with Crippen molar-refractivity contribution in [2.45, 2.75) is 64.0 Å². The second kappa shape index (κ2) is 8.83. The molecule has 4 rings (SSSR count). The van der Waals surface area contributed by atoms with Crippen LogP contribution in [-0.2, 0) is 0 Å². The first-order chi connectivity index (χ1) is 13.8. The van der Waals surface area contributed by atoms with Gasteiger partial charge in [0.05, 0.1) is 15.2 Å². The standard InChI is InChI=1S/C27H36Si2.Li.H/c1-7-12-20(2)25-19-27(24-16-11-10-15-23(24)25)29(5,6)28(3,4)26-18-17-21-13-8-9-14-22(21)26;;/h8-11,13-20,26-27H,7,12H2,1-6H3;;/q;+1;-1. The van der Waals surface area contributed by atoms with Crippen LogP contribution in [0.25, 0.3) is 11.6 Å². The van der Waals surface area contributed by atoms with Gasteiger partial charge in [0.1, 0.15) is 0 Å². The van der Waals surface area contributed by atoms with Crippen molar-refractivity contribution >= 4 is 26.8 Å². The molecule has 3 heteroatoms. The van der Waals surface area contributed by atoms with E-state index >= 15 is 0 Å². The largest absolute Gasteiger partial charge is 1.00 e. The summed E-state index contributed by atoms with van der Waals surface area (Å²) >= 11 is 0. The van der Waals surface area contributed by atoms with Crippen molar-refractivity contribution in [1.29, 1.82) is 0 Å². The van der Waals surface area contributed by atoms with Crippen LogP contribution in [0.15, 0.2) is 60.7 Å². The topological polar surface area (TPSA) is 0 Å². The first-order valence-electron chi connectivity index (χ1n) is 11.4. The Bertz CT molecular complexity index is 977. The first kappa shape index (κ1) is 23.6. The van der Waals surface area contributed by atoms with Gasteiger partial charge in [0, 0.05) is 0 Å². The summed E-state index contributed by atoms with van der Waals surface area (Å²) in [7, 11) is -3.14. The van der Waals surface area contributed by atoms with Crippen LogP contribution in [0.5, 0.6) is 0 Å². The van der Waals surface area contributed by atoms with Gasteiger partial charge in [-0.25, -0.2) is 0 Å². The zero-order valence-corrected chi connectivity index (χ0v) is 22.0. The number of allylic oxidation sites excluding steroid dienone is 3. The van der Waals surface area contributed by atoms with Gasteiger partial charge in [0.2, 0.25) is 0 Å². The number of rotatable bonds is 6. The van der Waals surface area contributed by atoms with E-state index in [4.69, 9.17) is 0 Å². The molecule has 3 atom stereocenters. The third-order valence-electron chi connectivity index (χ3n) is 8.22. The Morgan fingerprint density at radius 2 is 1.47 bits per heavy atom. The van der Waals surface area contributed by atoms with Crippen LogP contribution in [0.1, 0.15) is 61.5 Å². The zero-order chi connectivity index (χ0) is 20.8. The summed E-state index contributed by atoms with van der Waals surface area (Å²) in [5.74, 6) is 0.660. The third-order valence-corrected chi connectivity index (χ3v) is 27.5. The molecule has 0 bridgehead atoms. The van der Waals surface area contributed by atoms with E-state index in [1.807, 2.05) is 0 Å². The van der Waals surface area contributed by atoms with Gasteiger partial charge in [-0.1, -0.05) is 113 Å². The molecule has 0 radical (unpaired) electrons. The average Bonchev–Trinajstić information content (AvgIpc) is 3.30. The van der Waals surface area contributed by atoms with Gasteiger partial charge in [-0.05, 0) is 51.2 Å². The molecule has 0 amide bonds. The quantitative estimate of drug-likeness (QED) is 0.566. The van der Waals surface area contributed by atoms with Crippen molar-refractivity contribution in [2.75, 3.05) is 0 Å². The number of hydrogen-bond donors (Lipinski definition) is 0. The second-order valence-electron chi connectivity index (χ2n) is 10.3. The average molecular weight is 425 g/mol. The van der Waals surface area contributed by atoms with E-state index in [1.54, 1.807) is 22.3 Å². The summed E-state index contributed by atoms with van der Waals surface area (Å²) in [5, 5.41) is 0. The Labute approximate surface area is 199 Å². The molecule has 0 spiro atoms. The molecule has 2 aromatic rings. The van der Waals surface area contributed by atoms with Gasteiger partial charge in [-0.3, -0.25) is 0 Å². The number of benzene rings is 2. The molecule has 0 saturated carbocycles. The zero-order valence-electron chi connectivity index (χ0n) is 21.0. The van der Waals surface area contributed by atoms with Crippen LogP contribution >= 0.6 is 0 Å². The molecule has 2 aromatic carbocycles. The summed E-state index contributed by atoms with van der Waals surface area (Å²) in [6.45, 7) is 15.5. The van der Waals surface area contributed by atoms with Gasteiger partial charge in [0.15, 0.2) is 0 Å². The van der Waals surface area contributed by atoms with E-state index < -0.39 is 15.2 Å². The molecular formula is C27H37LiSi2. The molecular weight excluding hydrogens is 387 g/mol. The van der Waals surface area contributed by atoms with E-state index in [0.29, 0.717) is 17.0 Å². The molecule has 0 aromatic heterocycles. The fourth-order valence-electron chi connectivity index (χ4n) is 5.69. The van der Waals surface area contributed by atoms with E-state index in [1.165, 1.54) is 18.4 Å². The Balaban J connectivity index is 0.00000171. The van der Waals surface area contributed by atoms with Crippen molar-refractivity contribution in [2.24, 2.45) is 5.92 Å². The van der Waals surface area contributed by atoms with Crippen LogP contribution in [0.3, 0.4) is 0 Å². The summed E-state index contributed by atoms with van der Waals surface area (Å²) in [6.07, 6.45) is 10.2. The van der Waals surface area contributed by atoms with Crippen molar-refractivity contribution in [3.63, 3.8) is 0 Å². The van der Waals surface area contributed by atoms with Crippen LogP contribution in [0, 0.1) is 5.92 Å². The van der Waals surface area contributed by atoms with Crippen LogP contribution in [0.4, 0.5) is 0 Å². The van der Waals surface area contributed by atoms with Crippen LogP contribution < -0.4 is 18.9 Å². The van der Waals surface area contributed by atoms with Gasteiger partial charge >= 0.3 is 18.9 Å². The summed E-state index contributed by atoms with van der Waals surface area (Å²) in [6, 6.07) is 18.4. The molecule has 154 valence electrons. The predicted octanol–water partition coefficient (Wildman–Crippen LogP) is 5.10. The molecule has 0 fully saturated rings. The minimum absolute atomic E-state index is 0. The first-order valence-corrected chi connectivity index (χ1v) is 18.5. The molecule has 2 aliphatic rings. The van der Waals surface area contributed by atoms with E-state index in [9.17, 15) is 0 Å². The van der Waals surface area contributed by atoms with Gasteiger partial charge in [0.25, 0.3) is 0 Å². The molecule has 0 heterocycles. The maximum absolute atomic E-state index is 2.72. The molecule has 0 aliphatic heterocycles. The Kier molecular flexibility index (Phi) is 6.95. The normalized spacial score (nSPS) is 20.9. The number of hydrogen-bond acceptors (Lipinski definition) is 0. The smallest absolute Gasteiger partial charge is 1.00 e. The second-order valence-corrected chi connectivity index (χ2v) is 26.1. The van der Waals surface area contributed by atoms with Crippen LogP contribution in [-0.4, -0.2) is 15.2 Å². The summed E-state index contributed by atoms with van der Waals surface area (Å²) < 4.78 is 0. The molecule has 0 nitrogen and oxygen atoms in total. The number of fused-ring (bicyclic) bond motifs is 2. The van der Waals surface area contributed by atoms with Gasteiger partial charge < -0.3 is 1.43 Å². The minimum atomic E-state index is -1.58. The molecule has 2 aliphatic carbocycles. The molecule has 3 unspecified atom stereocenters. The SMILES string of the molecule is CCCC(C)C1=CC([Si](C)(C)[Si](C)(C)C2C=Cc3ccccc32)c2ccccc21.[H-].[Li+]. The van der Waals surface area contributed by atoms with E-state index in [2.05, 4.69) is 107 Å². The molecule has 30 heavy (non-hydrogen) atoms. The monoisotopic (exact) mass is 424 g/mol. The van der Waals surface area contributed by atoms with Gasteiger partial charge in [-0.15, -0.1) is 0 Å². The van der Waals surface area contributed by atoms with Gasteiger partial charge in [-0.2, -0.15) is 0 Å². The predicted molar refractivity (Wildman–Crippen MR) is 136 cm³/mol. The Hall–Kier alpha value is -1.05. The minimum Gasteiger partial charge on any atom is -1.00 e. The maximum atomic E-state index is 2.72. The maximum Gasteiger partial charge on any atom is 1.00 e. The molecule has 0 saturated heterocycles. The van der Waals surface area contributed by atoms with E-state index in [0.717, 1.165) is 0 Å². The van der Waals surface area contributed by atoms with Crippen LogP contribution in [0.2, 0.25) is 26.2 Å². The fraction of sp³-hybridized carbons (Fsp3) is 0.407. The van der Waals surface area contributed by atoms with Crippen molar-refractivity contribution < 1.29 is 20.3 Å². The Morgan fingerprint density at radius 3 is 2.17 bits per heavy atom. The molecule has 0 N–H and O–H groups in total. The van der Waals surface area contributed by atoms with Crippen molar-refractivity contribution in [3.05, 3.63) is 82.9 Å². The fourth-order valence-corrected chi connectivity index (χ4v) is 16.8. The van der Waals surface area contributed by atoms with Crippen molar-refractivity contribution in [3.8, 4) is 0 Å². The summed E-state index contributed by atoms with van der Waals surface area (Å²) in [5.41, 5.74) is 9.13. The third kappa shape index (κ3) is 3.71. The summed E-state index contributed by atoms with van der Waals surface area (Å²) in [4.78, 5) is 0. The van der Waals surface area contributed by atoms with Crippen molar-refractivity contribution in [1.82, 2.24) is 0 Å².